The van der Waals surface area contributed by atoms with E-state index in [-0.39, 0.29) is 0 Å². The fourth-order valence-corrected chi connectivity index (χ4v) is 2.56. The summed E-state index contributed by atoms with van der Waals surface area (Å²) in [5.74, 6) is 0.930. The normalized spacial score (nSPS) is 10.5. The first-order chi connectivity index (χ1) is 9.19. The van der Waals surface area contributed by atoms with Gasteiger partial charge in [0.1, 0.15) is 5.75 Å². The predicted molar refractivity (Wildman–Crippen MR) is 89.2 cm³/mol. The molecule has 0 saturated heterocycles. The molecule has 1 nitrogen and oxygen atoms in total. The van der Waals surface area contributed by atoms with Crippen LogP contribution in [0.25, 0.3) is 0 Å². The molecule has 0 bridgehead atoms. The van der Waals surface area contributed by atoms with Crippen molar-refractivity contribution >= 4 is 34.2 Å². The second kappa shape index (κ2) is 7.15. The van der Waals surface area contributed by atoms with Crippen molar-refractivity contribution in [2.45, 2.75) is 19.8 Å². The third-order valence-corrected chi connectivity index (χ3v) is 3.84. The Hall–Kier alpha value is -0.740. The van der Waals surface area contributed by atoms with Crippen LogP contribution in [-0.4, -0.2) is 6.61 Å². The molecule has 0 spiro atoms. The van der Waals surface area contributed by atoms with Gasteiger partial charge in [-0.2, -0.15) is 0 Å². The highest BCUT2D eigenvalue weighted by Crippen LogP contribution is 2.23. The fraction of sp³-hybridized carbons (Fsp3) is 0.250. The van der Waals surface area contributed by atoms with Gasteiger partial charge in [0.25, 0.3) is 0 Å². The quantitative estimate of drug-likeness (QED) is 0.632. The molecule has 0 N–H and O–H groups in total. The topological polar surface area (TPSA) is 9.23 Å². The molecule has 0 aliphatic carbocycles. The molecule has 0 amide bonds. The number of benzene rings is 2. The van der Waals surface area contributed by atoms with Gasteiger partial charge in [0.15, 0.2) is 0 Å². The van der Waals surface area contributed by atoms with Crippen LogP contribution in [-0.2, 0) is 6.42 Å². The SMILES string of the molecule is CCCOc1ccc(Cc2cc(I)ccc2Cl)cc1. The maximum Gasteiger partial charge on any atom is 0.119 e. The van der Waals surface area contributed by atoms with Gasteiger partial charge in [-0.05, 0) is 76.9 Å². The Bertz CT molecular complexity index is 537. The molecule has 0 aromatic heterocycles. The van der Waals surface area contributed by atoms with E-state index in [0.717, 1.165) is 35.8 Å². The molecular formula is C16H16ClIO. The summed E-state index contributed by atoms with van der Waals surface area (Å²) in [6.45, 7) is 2.87. The minimum Gasteiger partial charge on any atom is -0.494 e. The number of ether oxygens (including phenoxy) is 1. The largest absolute Gasteiger partial charge is 0.494 e. The maximum absolute atomic E-state index is 6.22. The summed E-state index contributed by atoms with van der Waals surface area (Å²) in [7, 11) is 0. The van der Waals surface area contributed by atoms with Crippen molar-refractivity contribution in [3.63, 3.8) is 0 Å². The summed E-state index contributed by atoms with van der Waals surface area (Å²) in [4.78, 5) is 0. The second-order valence-electron chi connectivity index (χ2n) is 4.40. The van der Waals surface area contributed by atoms with Crippen molar-refractivity contribution in [3.8, 4) is 5.75 Å². The molecule has 0 fully saturated rings. The molecule has 2 rings (SSSR count). The molecule has 0 radical (unpaired) electrons. The lowest BCUT2D eigenvalue weighted by Gasteiger charge is -2.08. The van der Waals surface area contributed by atoms with Gasteiger partial charge in [-0.1, -0.05) is 30.7 Å². The summed E-state index contributed by atoms with van der Waals surface area (Å²) in [5.41, 5.74) is 2.41. The van der Waals surface area contributed by atoms with Crippen molar-refractivity contribution in [2.24, 2.45) is 0 Å². The summed E-state index contributed by atoms with van der Waals surface area (Å²) in [5, 5.41) is 0.826. The lowest BCUT2D eigenvalue weighted by atomic mass is 10.1. The first-order valence-electron chi connectivity index (χ1n) is 6.34. The average Bonchev–Trinajstić information content (AvgIpc) is 2.42. The van der Waals surface area contributed by atoms with E-state index in [0.29, 0.717) is 0 Å². The zero-order valence-electron chi connectivity index (χ0n) is 10.8. The molecule has 100 valence electrons. The van der Waals surface area contributed by atoms with Crippen LogP contribution in [0.5, 0.6) is 5.75 Å². The van der Waals surface area contributed by atoms with Gasteiger partial charge in [0.2, 0.25) is 0 Å². The van der Waals surface area contributed by atoms with E-state index in [9.17, 15) is 0 Å². The zero-order valence-corrected chi connectivity index (χ0v) is 13.7. The molecule has 0 saturated carbocycles. The van der Waals surface area contributed by atoms with Crippen LogP contribution >= 0.6 is 34.2 Å². The highest BCUT2D eigenvalue weighted by molar-refractivity contribution is 14.1. The van der Waals surface area contributed by atoms with E-state index < -0.39 is 0 Å². The van der Waals surface area contributed by atoms with Crippen molar-refractivity contribution in [3.05, 3.63) is 62.2 Å². The van der Waals surface area contributed by atoms with Crippen LogP contribution in [0.4, 0.5) is 0 Å². The van der Waals surface area contributed by atoms with Crippen molar-refractivity contribution < 1.29 is 4.74 Å². The van der Waals surface area contributed by atoms with Gasteiger partial charge in [-0.25, -0.2) is 0 Å². The minimum atomic E-state index is 0.766. The Kier molecular flexibility index (Phi) is 5.52. The standard InChI is InChI=1S/C16H16ClIO/c1-2-9-19-15-6-3-12(4-7-15)10-13-11-14(18)5-8-16(13)17/h3-8,11H,2,9-10H2,1H3. The van der Waals surface area contributed by atoms with Crippen molar-refractivity contribution in [1.29, 1.82) is 0 Å². The molecule has 0 aliphatic rings. The third-order valence-electron chi connectivity index (χ3n) is 2.80. The monoisotopic (exact) mass is 386 g/mol. The highest BCUT2D eigenvalue weighted by Gasteiger charge is 2.03. The van der Waals surface area contributed by atoms with E-state index in [1.165, 1.54) is 9.13 Å². The zero-order chi connectivity index (χ0) is 13.7. The Labute approximate surface area is 133 Å². The summed E-state index contributed by atoms with van der Waals surface area (Å²) in [6, 6.07) is 14.3. The van der Waals surface area contributed by atoms with Crippen molar-refractivity contribution in [1.82, 2.24) is 0 Å². The Morgan fingerprint density at radius 3 is 2.53 bits per heavy atom. The molecular weight excluding hydrogens is 371 g/mol. The van der Waals surface area contributed by atoms with E-state index in [2.05, 4.69) is 47.7 Å². The molecule has 0 atom stereocenters. The predicted octanol–water partition coefficient (Wildman–Crippen LogP) is 5.32. The molecule has 0 unspecified atom stereocenters. The number of rotatable bonds is 5. The van der Waals surface area contributed by atoms with Gasteiger partial charge >= 0.3 is 0 Å². The van der Waals surface area contributed by atoms with Crippen LogP contribution in [0.15, 0.2) is 42.5 Å². The Balaban J connectivity index is 2.08. The molecule has 2 aromatic carbocycles. The van der Waals surface area contributed by atoms with Gasteiger partial charge in [-0.15, -0.1) is 0 Å². The number of hydrogen-bond acceptors (Lipinski definition) is 1. The number of halogens is 2. The summed E-state index contributed by atoms with van der Waals surface area (Å²) in [6.07, 6.45) is 1.88. The average molecular weight is 387 g/mol. The molecule has 0 aliphatic heterocycles. The van der Waals surface area contributed by atoms with Crippen LogP contribution in [0.2, 0.25) is 5.02 Å². The lowest BCUT2D eigenvalue weighted by molar-refractivity contribution is 0.317. The smallest absolute Gasteiger partial charge is 0.119 e. The van der Waals surface area contributed by atoms with E-state index in [4.69, 9.17) is 16.3 Å². The van der Waals surface area contributed by atoms with Crippen LogP contribution in [0.3, 0.4) is 0 Å². The van der Waals surface area contributed by atoms with Crippen LogP contribution < -0.4 is 4.74 Å². The highest BCUT2D eigenvalue weighted by atomic mass is 127. The summed E-state index contributed by atoms with van der Waals surface area (Å²) >= 11 is 8.52. The van der Waals surface area contributed by atoms with Gasteiger partial charge < -0.3 is 4.74 Å². The van der Waals surface area contributed by atoms with Gasteiger partial charge in [0.05, 0.1) is 6.61 Å². The molecule has 2 aromatic rings. The second-order valence-corrected chi connectivity index (χ2v) is 6.06. The van der Waals surface area contributed by atoms with Crippen LogP contribution in [0, 0.1) is 3.57 Å². The number of hydrogen-bond donors (Lipinski definition) is 0. The first-order valence-corrected chi connectivity index (χ1v) is 7.80. The van der Waals surface area contributed by atoms with Gasteiger partial charge in [0, 0.05) is 8.59 Å². The molecule has 19 heavy (non-hydrogen) atoms. The van der Waals surface area contributed by atoms with Gasteiger partial charge in [-0.3, -0.25) is 0 Å². The lowest BCUT2D eigenvalue weighted by Crippen LogP contribution is -1.95. The summed E-state index contributed by atoms with van der Waals surface area (Å²) < 4.78 is 6.78. The van der Waals surface area contributed by atoms with E-state index >= 15 is 0 Å². The molecule has 0 heterocycles. The molecule has 3 heteroatoms. The van der Waals surface area contributed by atoms with Crippen molar-refractivity contribution in [2.75, 3.05) is 6.61 Å². The fourth-order valence-electron chi connectivity index (χ4n) is 1.82. The minimum absolute atomic E-state index is 0.766. The van der Waals surface area contributed by atoms with E-state index in [1.54, 1.807) is 0 Å². The third kappa shape index (κ3) is 4.39. The Morgan fingerprint density at radius 2 is 1.84 bits per heavy atom. The first kappa shape index (κ1) is 14.7. The maximum atomic E-state index is 6.22. The van der Waals surface area contributed by atoms with Crippen LogP contribution in [0.1, 0.15) is 24.5 Å². The Morgan fingerprint density at radius 1 is 1.11 bits per heavy atom. The van der Waals surface area contributed by atoms with E-state index in [1.807, 2.05) is 24.3 Å².